The molecule has 0 radical (unpaired) electrons. The summed E-state index contributed by atoms with van der Waals surface area (Å²) in [5.74, 6) is -0.467. The van der Waals surface area contributed by atoms with Gasteiger partial charge in [-0.05, 0) is 49.2 Å². The molecular weight excluding hydrogens is 464 g/mol. The Labute approximate surface area is 196 Å². The zero-order valence-electron chi connectivity index (χ0n) is 17.8. The summed E-state index contributed by atoms with van der Waals surface area (Å²) < 4.78 is 27.8. The Bertz CT molecular complexity index is 1310. The summed E-state index contributed by atoms with van der Waals surface area (Å²) in [5, 5.41) is 9.23. The van der Waals surface area contributed by atoms with Crippen LogP contribution in [-0.4, -0.2) is 41.9 Å². The summed E-state index contributed by atoms with van der Waals surface area (Å²) in [5.41, 5.74) is 1.61. The van der Waals surface area contributed by atoms with Gasteiger partial charge < -0.3 is 5.32 Å². The van der Waals surface area contributed by atoms with Gasteiger partial charge in [0.15, 0.2) is 0 Å². The number of aromatic amines is 1. The lowest BCUT2D eigenvalue weighted by Gasteiger charge is -2.21. The van der Waals surface area contributed by atoms with E-state index in [1.54, 1.807) is 30.3 Å². The van der Waals surface area contributed by atoms with Crippen molar-refractivity contribution >= 4 is 33.2 Å². The molecule has 1 aliphatic rings. The van der Waals surface area contributed by atoms with Gasteiger partial charge in [0.25, 0.3) is 11.5 Å². The molecule has 172 valence electrons. The Morgan fingerprint density at radius 3 is 2.45 bits per heavy atom. The summed E-state index contributed by atoms with van der Waals surface area (Å²) in [6.07, 6.45) is 3.60. The fourth-order valence-electron chi connectivity index (χ4n) is 3.73. The summed E-state index contributed by atoms with van der Waals surface area (Å²) >= 11 is 6.24. The second kappa shape index (κ2) is 9.86. The Morgan fingerprint density at radius 1 is 1.00 bits per heavy atom. The molecule has 3 aromatic rings. The average Bonchev–Trinajstić information content (AvgIpc) is 3.10. The molecule has 1 amide bonds. The van der Waals surface area contributed by atoms with Crippen LogP contribution in [-0.2, 0) is 10.0 Å². The third-order valence-electron chi connectivity index (χ3n) is 5.47. The summed E-state index contributed by atoms with van der Waals surface area (Å²) in [6.45, 7) is 0.890. The molecule has 2 N–H and O–H groups in total. The molecule has 1 fully saturated rings. The molecule has 8 nitrogen and oxygen atoms in total. The smallest absolute Gasteiger partial charge is 0.264 e. The number of carbonyl (C=O) groups is 1. The van der Waals surface area contributed by atoms with Gasteiger partial charge in [-0.25, -0.2) is 13.5 Å². The minimum Gasteiger partial charge on any atom is -0.322 e. The number of amides is 1. The Kier molecular flexibility index (Phi) is 6.92. The van der Waals surface area contributed by atoms with Crippen molar-refractivity contribution in [1.29, 1.82) is 0 Å². The molecule has 0 aliphatic carbocycles. The second-order valence-electron chi connectivity index (χ2n) is 7.80. The molecule has 1 aromatic heterocycles. The Hall–Kier alpha value is -3.01. The van der Waals surface area contributed by atoms with E-state index in [9.17, 15) is 18.0 Å². The first kappa shape index (κ1) is 23.2. The van der Waals surface area contributed by atoms with Crippen molar-refractivity contribution in [2.24, 2.45) is 0 Å². The number of hydrogen-bond acceptors (Lipinski definition) is 5. The minimum absolute atomic E-state index is 0.0649. The minimum atomic E-state index is -3.81. The van der Waals surface area contributed by atoms with Gasteiger partial charge in [-0.3, -0.25) is 9.59 Å². The van der Waals surface area contributed by atoms with E-state index < -0.39 is 15.9 Å². The first-order valence-corrected chi connectivity index (χ1v) is 12.4. The van der Waals surface area contributed by atoms with Gasteiger partial charge in [0, 0.05) is 36.0 Å². The van der Waals surface area contributed by atoms with Crippen LogP contribution in [0.15, 0.2) is 64.3 Å². The third-order valence-corrected chi connectivity index (χ3v) is 7.85. The molecule has 4 rings (SSSR count). The molecule has 1 aliphatic heterocycles. The first-order valence-electron chi connectivity index (χ1n) is 10.6. The van der Waals surface area contributed by atoms with Crippen LogP contribution in [0.25, 0.3) is 11.3 Å². The molecule has 1 saturated heterocycles. The SMILES string of the molecule is O=C(Nc1cccc(-c2ccc(=O)[nH]n2)c1)c1ccc(Cl)c(S(=O)(=O)N2CCCCCC2)c1. The zero-order valence-corrected chi connectivity index (χ0v) is 19.3. The third kappa shape index (κ3) is 5.32. The maximum Gasteiger partial charge on any atom is 0.264 e. The van der Waals surface area contributed by atoms with Crippen LogP contribution >= 0.6 is 11.6 Å². The Morgan fingerprint density at radius 2 is 1.76 bits per heavy atom. The molecule has 10 heteroatoms. The highest BCUT2D eigenvalue weighted by Gasteiger charge is 2.28. The lowest BCUT2D eigenvalue weighted by atomic mass is 10.1. The van der Waals surface area contributed by atoms with Gasteiger partial charge in [0.1, 0.15) is 4.90 Å². The normalized spacial score (nSPS) is 15.1. The van der Waals surface area contributed by atoms with Crippen molar-refractivity contribution in [3.63, 3.8) is 0 Å². The number of halogens is 1. The molecule has 2 heterocycles. The quantitative estimate of drug-likeness (QED) is 0.567. The van der Waals surface area contributed by atoms with Gasteiger partial charge >= 0.3 is 0 Å². The number of rotatable bonds is 5. The largest absolute Gasteiger partial charge is 0.322 e. The average molecular weight is 487 g/mol. The predicted molar refractivity (Wildman–Crippen MR) is 127 cm³/mol. The van der Waals surface area contributed by atoms with E-state index in [1.807, 2.05) is 0 Å². The number of anilines is 1. The number of nitrogens with one attached hydrogen (secondary N) is 2. The van der Waals surface area contributed by atoms with Crippen molar-refractivity contribution < 1.29 is 13.2 Å². The number of aromatic nitrogens is 2. The van der Waals surface area contributed by atoms with E-state index in [4.69, 9.17) is 11.6 Å². The van der Waals surface area contributed by atoms with Crippen LogP contribution in [0, 0.1) is 0 Å². The van der Waals surface area contributed by atoms with E-state index in [0.717, 1.165) is 25.7 Å². The van der Waals surface area contributed by atoms with Crippen molar-refractivity contribution in [2.75, 3.05) is 18.4 Å². The van der Waals surface area contributed by atoms with Gasteiger partial charge in [-0.2, -0.15) is 9.40 Å². The number of nitrogens with zero attached hydrogens (tertiary/aromatic N) is 2. The maximum atomic E-state index is 13.2. The van der Waals surface area contributed by atoms with Crippen LogP contribution in [0.1, 0.15) is 36.0 Å². The van der Waals surface area contributed by atoms with Crippen molar-refractivity contribution in [3.05, 3.63) is 75.5 Å². The number of sulfonamides is 1. The molecule has 0 unspecified atom stereocenters. The molecule has 0 bridgehead atoms. The Balaban J connectivity index is 1.58. The highest BCUT2D eigenvalue weighted by molar-refractivity contribution is 7.89. The molecule has 0 saturated carbocycles. The number of benzene rings is 2. The second-order valence-corrected chi connectivity index (χ2v) is 10.1. The molecular formula is C23H23ClN4O4S. The highest BCUT2D eigenvalue weighted by Crippen LogP contribution is 2.28. The van der Waals surface area contributed by atoms with Crippen LogP contribution < -0.4 is 10.9 Å². The number of hydrogen-bond donors (Lipinski definition) is 2. The van der Waals surface area contributed by atoms with Crippen molar-refractivity contribution in [1.82, 2.24) is 14.5 Å². The molecule has 2 aromatic carbocycles. The summed E-state index contributed by atoms with van der Waals surface area (Å²) in [6, 6.07) is 14.2. The zero-order chi connectivity index (χ0) is 23.4. The lowest BCUT2D eigenvalue weighted by molar-refractivity contribution is 0.102. The van der Waals surface area contributed by atoms with Gasteiger partial charge in [-0.1, -0.05) is 36.6 Å². The molecule has 33 heavy (non-hydrogen) atoms. The topological polar surface area (TPSA) is 112 Å². The van der Waals surface area contributed by atoms with E-state index in [-0.39, 0.29) is 21.0 Å². The standard InChI is InChI=1S/C23H23ClN4O4S/c24-19-9-8-17(15-21(19)33(31,32)28-12-3-1-2-4-13-28)23(30)25-18-7-5-6-16(14-18)20-10-11-22(29)27-26-20/h5-11,14-15H,1-4,12-13H2,(H,25,30)(H,27,29). The van der Waals surface area contributed by atoms with Gasteiger partial charge in [0.2, 0.25) is 10.0 Å². The van der Waals surface area contributed by atoms with E-state index >= 15 is 0 Å². The fraction of sp³-hybridized carbons (Fsp3) is 0.261. The van der Waals surface area contributed by atoms with E-state index in [2.05, 4.69) is 15.5 Å². The maximum absolute atomic E-state index is 13.2. The predicted octanol–water partition coefficient (Wildman–Crippen LogP) is 3.91. The van der Waals surface area contributed by atoms with E-state index in [0.29, 0.717) is 30.0 Å². The number of carbonyl (C=O) groups excluding carboxylic acids is 1. The van der Waals surface area contributed by atoms with Gasteiger partial charge in [-0.15, -0.1) is 0 Å². The summed E-state index contributed by atoms with van der Waals surface area (Å²) in [4.78, 5) is 24.1. The van der Waals surface area contributed by atoms with Crippen LogP contribution in [0.3, 0.4) is 0 Å². The summed E-state index contributed by atoms with van der Waals surface area (Å²) in [7, 11) is -3.81. The monoisotopic (exact) mass is 486 g/mol. The van der Waals surface area contributed by atoms with Crippen LogP contribution in [0.2, 0.25) is 5.02 Å². The highest BCUT2D eigenvalue weighted by atomic mass is 35.5. The van der Waals surface area contributed by atoms with Crippen LogP contribution in [0.4, 0.5) is 5.69 Å². The van der Waals surface area contributed by atoms with Crippen molar-refractivity contribution in [3.8, 4) is 11.3 Å². The van der Waals surface area contributed by atoms with Gasteiger partial charge in [0.05, 0.1) is 10.7 Å². The molecule has 0 spiro atoms. The number of H-pyrrole nitrogens is 1. The van der Waals surface area contributed by atoms with Crippen LogP contribution in [0.5, 0.6) is 0 Å². The fourth-order valence-corrected chi connectivity index (χ4v) is 5.75. The molecule has 0 atom stereocenters. The lowest BCUT2D eigenvalue weighted by Crippen LogP contribution is -2.32. The first-order chi connectivity index (χ1) is 15.8. The van der Waals surface area contributed by atoms with Crippen molar-refractivity contribution in [2.45, 2.75) is 30.6 Å². The van der Waals surface area contributed by atoms with E-state index in [1.165, 1.54) is 28.6 Å².